The van der Waals surface area contributed by atoms with Crippen LogP contribution >= 0.6 is 0 Å². The minimum Gasteiger partial charge on any atom is -0.506 e. The summed E-state index contributed by atoms with van der Waals surface area (Å²) in [6.07, 6.45) is 1.57. The second-order valence-electron chi connectivity index (χ2n) is 6.50. The van der Waals surface area contributed by atoms with Crippen molar-refractivity contribution < 1.29 is 23.2 Å². The number of rotatable bonds is 5. The molecule has 0 atom stereocenters. The highest BCUT2D eigenvalue weighted by atomic mass is 32.2. The van der Waals surface area contributed by atoms with Crippen molar-refractivity contribution in [1.29, 1.82) is 0 Å². The van der Waals surface area contributed by atoms with Gasteiger partial charge in [-0.25, -0.2) is 8.42 Å². The van der Waals surface area contributed by atoms with Crippen LogP contribution in [-0.2, 0) is 10.0 Å². The molecule has 1 amide bonds. The Morgan fingerprint density at radius 2 is 1.86 bits per heavy atom. The zero-order chi connectivity index (χ0) is 20.5. The van der Waals surface area contributed by atoms with Gasteiger partial charge in [0.05, 0.1) is 15.5 Å². The minimum atomic E-state index is -3.72. The van der Waals surface area contributed by atoms with Gasteiger partial charge in [0, 0.05) is 30.3 Å². The maximum atomic E-state index is 12.7. The maximum absolute atomic E-state index is 12.7. The van der Waals surface area contributed by atoms with Gasteiger partial charge in [-0.3, -0.25) is 14.9 Å². The molecule has 2 N–H and O–H groups in total. The first-order valence-corrected chi connectivity index (χ1v) is 10.0. The van der Waals surface area contributed by atoms with Gasteiger partial charge in [-0.05, 0) is 44.0 Å². The molecule has 2 aromatic rings. The number of carbonyl (C=O) groups excluding carboxylic acids is 1. The fourth-order valence-corrected chi connectivity index (χ4v) is 4.54. The van der Waals surface area contributed by atoms with Crippen molar-refractivity contribution in [3.63, 3.8) is 0 Å². The molecule has 0 aromatic heterocycles. The first kappa shape index (κ1) is 19.8. The van der Waals surface area contributed by atoms with Crippen molar-refractivity contribution in [2.24, 2.45) is 0 Å². The number of hydrogen-bond donors (Lipinski definition) is 2. The molecular weight excluding hydrogens is 386 g/mol. The Hall–Kier alpha value is -2.98. The van der Waals surface area contributed by atoms with Gasteiger partial charge in [0.15, 0.2) is 0 Å². The van der Waals surface area contributed by atoms with E-state index in [1.807, 2.05) is 0 Å². The van der Waals surface area contributed by atoms with Gasteiger partial charge in [-0.2, -0.15) is 4.31 Å². The predicted molar refractivity (Wildman–Crippen MR) is 102 cm³/mol. The Labute approximate surface area is 161 Å². The summed E-state index contributed by atoms with van der Waals surface area (Å²) in [4.78, 5) is 22.9. The Balaban J connectivity index is 1.89. The minimum absolute atomic E-state index is 0.0181. The number of aryl methyl sites for hydroxylation is 1. The SMILES string of the molecule is Cc1ccc(C(=O)Nc2cc(S(=O)(=O)N3CCCC3)ccc2O)cc1[N+](=O)[O-]. The van der Waals surface area contributed by atoms with Gasteiger partial charge in [-0.15, -0.1) is 0 Å². The van der Waals surface area contributed by atoms with Crippen LogP contribution in [0.1, 0.15) is 28.8 Å². The summed E-state index contributed by atoms with van der Waals surface area (Å²) in [7, 11) is -3.72. The third-order valence-electron chi connectivity index (χ3n) is 4.59. The van der Waals surface area contributed by atoms with Crippen molar-refractivity contribution >= 4 is 27.3 Å². The molecule has 1 heterocycles. The number of aromatic hydroxyl groups is 1. The number of nitrogens with one attached hydrogen (secondary N) is 1. The van der Waals surface area contributed by atoms with Gasteiger partial charge in [0.25, 0.3) is 11.6 Å². The van der Waals surface area contributed by atoms with Crippen LogP contribution in [0.2, 0.25) is 0 Å². The van der Waals surface area contributed by atoms with Crippen LogP contribution in [-0.4, -0.2) is 41.7 Å². The van der Waals surface area contributed by atoms with E-state index in [0.717, 1.165) is 18.9 Å². The Kier molecular flexibility index (Phi) is 5.34. The fraction of sp³-hybridized carbons (Fsp3) is 0.278. The normalized spacial score (nSPS) is 14.8. The Bertz CT molecular complexity index is 1050. The lowest BCUT2D eigenvalue weighted by Crippen LogP contribution is -2.28. The van der Waals surface area contributed by atoms with Crippen LogP contribution in [0, 0.1) is 17.0 Å². The van der Waals surface area contributed by atoms with E-state index in [4.69, 9.17) is 0 Å². The van der Waals surface area contributed by atoms with Gasteiger partial charge in [0.2, 0.25) is 10.0 Å². The largest absolute Gasteiger partial charge is 0.506 e. The standard InChI is InChI=1S/C18H19N3O6S/c1-12-4-5-13(10-16(12)21(24)25)18(23)19-15-11-14(6-7-17(15)22)28(26,27)20-8-2-3-9-20/h4-7,10-11,22H,2-3,8-9H2,1H3,(H,19,23). The van der Waals surface area contributed by atoms with Gasteiger partial charge < -0.3 is 10.4 Å². The summed E-state index contributed by atoms with van der Waals surface area (Å²) >= 11 is 0. The molecule has 10 heteroatoms. The van der Waals surface area contributed by atoms with E-state index in [1.54, 1.807) is 6.92 Å². The molecule has 1 saturated heterocycles. The number of nitro groups is 1. The second-order valence-corrected chi connectivity index (χ2v) is 8.44. The molecule has 0 saturated carbocycles. The number of hydrogen-bond acceptors (Lipinski definition) is 6. The number of nitrogens with zero attached hydrogens (tertiary/aromatic N) is 2. The molecule has 9 nitrogen and oxygen atoms in total. The number of nitro benzene ring substituents is 1. The number of phenolic OH excluding ortho intramolecular Hbond substituents is 1. The van der Waals surface area contributed by atoms with E-state index < -0.39 is 20.9 Å². The molecule has 0 aliphatic carbocycles. The average Bonchev–Trinajstić information content (AvgIpc) is 3.19. The first-order chi connectivity index (χ1) is 13.2. The van der Waals surface area contributed by atoms with Crippen LogP contribution in [0.25, 0.3) is 0 Å². The smallest absolute Gasteiger partial charge is 0.273 e. The van der Waals surface area contributed by atoms with Crippen LogP contribution in [0.4, 0.5) is 11.4 Å². The molecule has 0 spiro atoms. The summed E-state index contributed by atoms with van der Waals surface area (Å²) < 4.78 is 26.7. The first-order valence-electron chi connectivity index (χ1n) is 8.60. The van der Waals surface area contributed by atoms with E-state index in [1.165, 1.54) is 34.6 Å². The van der Waals surface area contributed by atoms with Crippen LogP contribution in [0.15, 0.2) is 41.3 Å². The molecule has 0 radical (unpaired) electrons. The van der Waals surface area contributed by atoms with Gasteiger partial charge in [-0.1, -0.05) is 6.07 Å². The highest BCUT2D eigenvalue weighted by Gasteiger charge is 2.28. The van der Waals surface area contributed by atoms with Crippen molar-refractivity contribution in [2.45, 2.75) is 24.7 Å². The second kappa shape index (κ2) is 7.56. The number of amides is 1. The molecular formula is C18H19N3O6S. The predicted octanol–water partition coefficient (Wildman–Crippen LogP) is 2.65. The number of carbonyl (C=O) groups is 1. The molecule has 1 aliphatic heterocycles. The summed E-state index contributed by atoms with van der Waals surface area (Å²) in [6, 6.07) is 7.64. The third-order valence-corrected chi connectivity index (χ3v) is 6.48. The zero-order valence-corrected chi connectivity index (χ0v) is 15.9. The molecule has 28 heavy (non-hydrogen) atoms. The summed E-state index contributed by atoms with van der Waals surface area (Å²) in [5.41, 5.74) is 0.128. The van der Waals surface area contributed by atoms with E-state index in [-0.39, 0.29) is 27.6 Å². The quantitative estimate of drug-likeness (QED) is 0.447. The van der Waals surface area contributed by atoms with Crippen molar-refractivity contribution in [2.75, 3.05) is 18.4 Å². The van der Waals surface area contributed by atoms with Crippen molar-refractivity contribution in [3.8, 4) is 5.75 Å². The molecule has 3 rings (SSSR count). The molecule has 1 fully saturated rings. The molecule has 148 valence electrons. The van der Waals surface area contributed by atoms with E-state index in [2.05, 4.69) is 5.32 Å². The lowest BCUT2D eigenvalue weighted by atomic mass is 10.1. The van der Waals surface area contributed by atoms with Gasteiger partial charge >= 0.3 is 0 Å². The Morgan fingerprint density at radius 1 is 1.18 bits per heavy atom. The number of anilines is 1. The summed E-state index contributed by atoms with van der Waals surface area (Å²) in [5, 5.41) is 23.5. The van der Waals surface area contributed by atoms with E-state index >= 15 is 0 Å². The highest BCUT2D eigenvalue weighted by molar-refractivity contribution is 7.89. The number of phenols is 1. The van der Waals surface area contributed by atoms with Gasteiger partial charge in [0.1, 0.15) is 5.75 Å². The highest BCUT2D eigenvalue weighted by Crippen LogP contribution is 2.30. The summed E-state index contributed by atoms with van der Waals surface area (Å²) in [5.74, 6) is -1.01. The van der Waals surface area contributed by atoms with Crippen molar-refractivity contribution in [1.82, 2.24) is 4.31 Å². The van der Waals surface area contributed by atoms with Crippen LogP contribution < -0.4 is 5.32 Å². The third kappa shape index (κ3) is 3.82. The molecule has 1 aliphatic rings. The monoisotopic (exact) mass is 405 g/mol. The van der Waals surface area contributed by atoms with E-state index in [0.29, 0.717) is 18.7 Å². The summed E-state index contributed by atoms with van der Waals surface area (Å²) in [6.45, 7) is 2.41. The fourth-order valence-electron chi connectivity index (χ4n) is 3.00. The maximum Gasteiger partial charge on any atom is 0.273 e. The topological polar surface area (TPSA) is 130 Å². The number of benzene rings is 2. The number of sulfonamides is 1. The van der Waals surface area contributed by atoms with Crippen LogP contribution in [0.3, 0.4) is 0 Å². The Morgan fingerprint density at radius 3 is 2.50 bits per heavy atom. The average molecular weight is 405 g/mol. The van der Waals surface area contributed by atoms with E-state index in [9.17, 15) is 28.4 Å². The molecule has 0 unspecified atom stereocenters. The van der Waals surface area contributed by atoms with Crippen molar-refractivity contribution in [3.05, 3.63) is 57.6 Å². The lowest BCUT2D eigenvalue weighted by Gasteiger charge is -2.16. The lowest BCUT2D eigenvalue weighted by molar-refractivity contribution is -0.385. The molecule has 2 aromatic carbocycles. The zero-order valence-electron chi connectivity index (χ0n) is 15.1. The molecule has 0 bridgehead atoms. The van der Waals surface area contributed by atoms with Crippen LogP contribution in [0.5, 0.6) is 5.75 Å².